The second-order valence-electron chi connectivity index (χ2n) is 12.9. The number of carbonyl (C=O) groups excluding carboxylic acids is 3. The Bertz CT molecular complexity index is 1350. The average Bonchev–Trinajstić information content (AvgIpc) is 3.06. The van der Waals surface area contributed by atoms with Crippen LogP contribution in [0.15, 0.2) is 42.5 Å². The van der Waals surface area contributed by atoms with E-state index in [1.807, 2.05) is 31.2 Å². The number of amides is 3. The van der Waals surface area contributed by atoms with Gasteiger partial charge < -0.3 is 29.7 Å². The van der Waals surface area contributed by atoms with Gasteiger partial charge in [0.05, 0.1) is 13.2 Å². The zero-order chi connectivity index (χ0) is 32.1. The Kier molecular flexibility index (Phi) is 10.3. The van der Waals surface area contributed by atoms with Crippen LogP contribution >= 0.6 is 0 Å². The summed E-state index contributed by atoms with van der Waals surface area (Å²) in [4.78, 5) is 45.4. The number of rotatable bonds is 10. The topological polar surface area (TPSA) is 112 Å². The fourth-order valence-electron chi connectivity index (χ4n) is 7.14. The monoisotopic (exact) mass is 620 g/mol. The van der Waals surface area contributed by atoms with Crippen LogP contribution in [0.5, 0.6) is 17.2 Å². The van der Waals surface area contributed by atoms with E-state index in [1.165, 1.54) is 11.3 Å². The summed E-state index contributed by atoms with van der Waals surface area (Å²) < 4.78 is 11.5. The number of likely N-dealkylation sites (tertiary alicyclic amines) is 1. The first-order valence-electron chi connectivity index (χ1n) is 16.4. The van der Waals surface area contributed by atoms with E-state index in [0.717, 1.165) is 37.7 Å². The third-order valence-corrected chi connectivity index (χ3v) is 9.74. The Morgan fingerprint density at radius 2 is 1.73 bits per heavy atom. The van der Waals surface area contributed by atoms with Crippen molar-refractivity contribution in [3.63, 3.8) is 0 Å². The lowest BCUT2D eigenvalue weighted by Crippen LogP contribution is -2.75. The van der Waals surface area contributed by atoms with Gasteiger partial charge >= 0.3 is 0 Å². The Morgan fingerprint density at radius 1 is 1.04 bits per heavy atom. The molecule has 2 aromatic carbocycles. The Balaban J connectivity index is 1.20. The zero-order valence-corrected chi connectivity index (χ0v) is 27.1. The van der Waals surface area contributed by atoms with Crippen molar-refractivity contribution in [3.05, 3.63) is 53.6 Å². The average molecular weight is 621 g/mol. The molecule has 1 aliphatic carbocycles. The molecule has 244 valence electrons. The predicted octanol–water partition coefficient (Wildman–Crippen LogP) is 4.20. The number of piperidine rings is 1. The van der Waals surface area contributed by atoms with Gasteiger partial charge in [-0.2, -0.15) is 0 Å². The number of aliphatic hydroxyl groups is 1. The summed E-state index contributed by atoms with van der Waals surface area (Å²) in [5.41, 5.74) is 0.769. The largest absolute Gasteiger partial charge is 0.493 e. The molecule has 0 unspecified atom stereocenters. The standard InChI is InChI=1S/C35H48N4O6/c1-5-19-39-33(42)30(31(40)25-9-7-6-8-10-25)36-34(43)35(39)17-20-38(21-18-35)23-24-11-14-27(15-12-24)45-28-16-13-26(22-29(28)44-4)32(41)37(2)3/h11-16,22,25,30-31,40H,5-10,17-21,23H2,1-4H3,(H,36,43)/t30-,31-/m1/s1. The minimum atomic E-state index is -0.865. The fourth-order valence-corrected chi connectivity index (χ4v) is 7.14. The van der Waals surface area contributed by atoms with Crippen LogP contribution < -0.4 is 14.8 Å². The minimum absolute atomic E-state index is 0.0606. The third kappa shape index (κ3) is 6.97. The van der Waals surface area contributed by atoms with Crippen molar-refractivity contribution < 1.29 is 29.0 Å². The quantitative estimate of drug-likeness (QED) is 0.410. The van der Waals surface area contributed by atoms with Gasteiger partial charge in [-0.05, 0) is 73.9 Å². The number of carbonyl (C=O) groups is 3. The maximum atomic E-state index is 13.8. The second kappa shape index (κ2) is 14.2. The lowest BCUT2D eigenvalue weighted by atomic mass is 9.78. The summed E-state index contributed by atoms with van der Waals surface area (Å²) in [6.07, 6.45) is 6.15. The van der Waals surface area contributed by atoms with E-state index in [-0.39, 0.29) is 23.6 Å². The van der Waals surface area contributed by atoms with Crippen molar-refractivity contribution in [2.75, 3.05) is 40.8 Å². The molecule has 10 heteroatoms. The molecule has 1 spiro atoms. The molecule has 2 saturated heterocycles. The molecule has 2 N–H and O–H groups in total. The number of nitrogens with one attached hydrogen (secondary N) is 1. The van der Waals surface area contributed by atoms with E-state index in [0.29, 0.717) is 61.8 Å². The van der Waals surface area contributed by atoms with Crippen LogP contribution in [0.3, 0.4) is 0 Å². The van der Waals surface area contributed by atoms with E-state index in [4.69, 9.17) is 9.47 Å². The van der Waals surface area contributed by atoms with Crippen molar-refractivity contribution >= 4 is 17.7 Å². The smallest absolute Gasteiger partial charge is 0.253 e. The normalized spacial score (nSPS) is 21.4. The molecule has 10 nitrogen and oxygen atoms in total. The third-order valence-electron chi connectivity index (χ3n) is 9.74. The molecule has 2 heterocycles. The highest BCUT2D eigenvalue weighted by Crippen LogP contribution is 2.37. The summed E-state index contributed by atoms with van der Waals surface area (Å²) >= 11 is 0. The van der Waals surface area contributed by atoms with E-state index in [2.05, 4.69) is 10.2 Å². The highest BCUT2D eigenvalue weighted by molar-refractivity contribution is 6.00. The van der Waals surface area contributed by atoms with Crippen molar-refractivity contribution in [2.45, 2.75) is 82.5 Å². The SMILES string of the molecule is CCCN1C(=O)[C@@H]([C@H](O)C2CCCCC2)NC(=O)C12CCN(Cc1ccc(Oc3ccc(C(=O)N(C)C)cc3OC)cc1)CC2. The molecule has 0 radical (unpaired) electrons. The second-order valence-corrected chi connectivity index (χ2v) is 12.9. The summed E-state index contributed by atoms with van der Waals surface area (Å²) in [5.74, 6) is 1.35. The van der Waals surface area contributed by atoms with Crippen LogP contribution in [-0.2, 0) is 16.1 Å². The van der Waals surface area contributed by atoms with Gasteiger partial charge in [0, 0.05) is 45.8 Å². The molecule has 3 amide bonds. The molecule has 2 aliphatic heterocycles. The number of piperazine rings is 1. The van der Waals surface area contributed by atoms with Gasteiger partial charge in [0.25, 0.3) is 5.91 Å². The summed E-state index contributed by atoms with van der Waals surface area (Å²) in [6.45, 7) is 4.63. The molecule has 0 bridgehead atoms. The first kappa shape index (κ1) is 32.8. The molecular weight excluding hydrogens is 572 g/mol. The first-order valence-corrected chi connectivity index (χ1v) is 16.4. The van der Waals surface area contributed by atoms with Crippen molar-refractivity contribution in [3.8, 4) is 17.2 Å². The molecule has 3 fully saturated rings. The number of aliphatic hydroxyl groups excluding tert-OH is 1. The van der Waals surface area contributed by atoms with Gasteiger partial charge in [-0.15, -0.1) is 0 Å². The molecular formula is C35H48N4O6. The maximum absolute atomic E-state index is 13.8. The number of ether oxygens (including phenoxy) is 2. The van der Waals surface area contributed by atoms with Gasteiger partial charge in [-0.1, -0.05) is 38.3 Å². The van der Waals surface area contributed by atoms with Crippen LogP contribution in [0.25, 0.3) is 0 Å². The molecule has 45 heavy (non-hydrogen) atoms. The number of nitrogens with zero attached hydrogens (tertiary/aromatic N) is 3. The van der Waals surface area contributed by atoms with E-state index < -0.39 is 17.7 Å². The summed E-state index contributed by atoms with van der Waals surface area (Å²) in [6, 6.07) is 12.1. The maximum Gasteiger partial charge on any atom is 0.253 e. The zero-order valence-electron chi connectivity index (χ0n) is 27.1. The fraction of sp³-hybridized carbons (Fsp3) is 0.571. The molecule has 2 aromatic rings. The van der Waals surface area contributed by atoms with Gasteiger partial charge in [0.2, 0.25) is 11.8 Å². The first-order chi connectivity index (χ1) is 21.7. The highest BCUT2D eigenvalue weighted by atomic mass is 16.5. The van der Waals surface area contributed by atoms with Crippen molar-refractivity contribution in [1.29, 1.82) is 0 Å². The van der Waals surface area contributed by atoms with Crippen LogP contribution in [-0.4, -0.2) is 96.1 Å². The minimum Gasteiger partial charge on any atom is -0.493 e. The Labute approximate surface area is 266 Å². The Morgan fingerprint density at radius 3 is 2.36 bits per heavy atom. The van der Waals surface area contributed by atoms with Crippen LogP contribution in [0, 0.1) is 5.92 Å². The van der Waals surface area contributed by atoms with Crippen molar-refractivity contribution in [2.24, 2.45) is 5.92 Å². The molecule has 3 aliphatic rings. The van der Waals surface area contributed by atoms with E-state index >= 15 is 0 Å². The summed E-state index contributed by atoms with van der Waals surface area (Å²) in [7, 11) is 4.96. The number of hydrogen-bond donors (Lipinski definition) is 2. The molecule has 1 saturated carbocycles. The lowest BCUT2D eigenvalue weighted by molar-refractivity contribution is -0.165. The van der Waals surface area contributed by atoms with Crippen LogP contribution in [0.1, 0.15) is 74.2 Å². The highest BCUT2D eigenvalue weighted by Gasteiger charge is 2.55. The van der Waals surface area contributed by atoms with Gasteiger partial charge in [-0.25, -0.2) is 0 Å². The Hall–Kier alpha value is -3.63. The van der Waals surface area contributed by atoms with Gasteiger partial charge in [0.1, 0.15) is 17.3 Å². The van der Waals surface area contributed by atoms with Crippen LogP contribution in [0.4, 0.5) is 0 Å². The van der Waals surface area contributed by atoms with Gasteiger partial charge in [-0.3, -0.25) is 19.3 Å². The van der Waals surface area contributed by atoms with Gasteiger partial charge in [0.15, 0.2) is 11.5 Å². The number of hydrogen-bond acceptors (Lipinski definition) is 7. The predicted molar refractivity (Wildman–Crippen MR) is 171 cm³/mol. The number of benzene rings is 2. The molecule has 0 aromatic heterocycles. The molecule has 2 atom stereocenters. The van der Waals surface area contributed by atoms with Crippen molar-refractivity contribution in [1.82, 2.24) is 20.0 Å². The van der Waals surface area contributed by atoms with E-state index in [1.54, 1.807) is 44.3 Å². The lowest BCUT2D eigenvalue weighted by Gasteiger charge is -2.52. The summed E-state index contributed by atoms with van der Waals surface area (Å²) in [5, 5.41) is 14.1. The molecule has 5 rings (SSSR count). The number of methoxy groups -OCH3 is 1. The van der Waals surface area contributed by atoms with E-state index in [9.17, 15) is 19.5 Å². The van der Waals surface area contributed by atoms with Crippen LogP contribution in [0.2, 0.25) is 0 Å².